The van der Waals surface area contributed by atoms with Gasteiger partial charge in [0.05, 0.1) is 5.56 Å². The molecule has 4 rings (SSSR count). The molecule has 8 heteroatoms. The van der Waals surface area contributed by atoms with E-state index in [4.69, 9.17) is 14.2 Å². The summed E-state index contributed by atoms with van der Waals surface area (Å²) in [5.41, 5.74) is 1.40. The molecule has 1 aliphatic heterocycles. The number of Topliss-reactive ketones (excluding diaryl/α,β-unsaturated/α-hetero) is 2. The van der Waals surface area contributed by atoms with Crippen molar-refractivity contribution in [3.05, 3.63) is 95.1 Å². The molecule has 0 aliphatic carbocycles. The lowest BCUT2D eigenvalue weighted by atomic mass is 10.0. The van der Waals surface area contributed by atoms with Gasteiger partial charge in [-0.3, -0.25) is 14.4 Å². The number of ketones is 2. The number of rotatable bonds is 8. The normalized spacial score (nSPS) is 12.5. The number of nitrogens with one attached hydrogen (secondary N) is 1. The number of carbonyl (C=O) groups excluding carboxylic acids is 4. The standard InChI is InChI=1S/C26H21NO7/c1-16(25(30)27-14-17-7-12-21-22(13-17)33-15-32-21)34-26(31)20-10-8-19(9-11-20)24(29)23(28)18-5-3-2-4-6-18/h2-13,16H,14-15H2,1H3,(H,27,30). The first-order valence-electron chi connectivity index (χ1n) is 10.5. The summed E-state index contributed by atoms with van der Waals surface area (Å²) in [6.07, 6.45) is -1.04. The molecule has 0 spiro atoms. The summed E-state index contributed by atoms with van der Waals surface area (Å²) >= 11 is 0. The summed E-state index contributed by atoms with van der Waals surface area (Å²) in [5, 5.41) is 2.70. The van der Waals surface area contributed by atoms with Crippen molar-refractivity contribution in [3.8, 4) is 11.5 Å². The van der Waals surface area contributed by atoms with Crippen molar-refractivity contribution in [2.75, 3.05) is 6.79 Å². The predicted octanol–water partition coefficient (Wildman–Crippen LogP) is 3.34. The fourth-order valence-electron chi connectivity index (χ4n) is 3.28. The van der Waals surface area contributed by atoms with Crippen LogP contribution in [0.2, 0.25) is 0 Å². The minimum absolute atomic E-state index is 0.152. The Morgan fingerprint density at radius 2 is 1.44 bits per heavy atom. The smallest absolute Gasteiger partial charge is 0.338 e. The summed E-state index contributed by atoms with van der Waals surface area (Å²) in [4.78, 5) is 49.5. The second kappa shape index (κ2) is 9.99. The van der Waals surface area contributed by atoms with Gasteiger partial charge in [-0.1, -0.05) is 48.5 Å². The summed E-state index contributed by atoms with van der Waals surface area (Å²) in [7, 11) is 0. The Morgan fingerprint density at radius 3 is 2.15 bits per heavy atom. The van der Waals surface area contributed by atoms with Crippen molar-refractivity contribution >= 4 is 23.4 Å². The highest BCUT2D eigenvalue weighted by atomic mass is 16.7. The van der Waals surface area contributed by atoms with Gasteiger partial charge in [-0.2, -0.15) is 0 Å². The van der Waals surface area contributed by atoms with E-state index < -0.39 is 29.5 Å². The maximum atomic E-state index is 12.4. The number of esters is 1. The lowest BCUT2D eigenvalue weighted by Gasteiger charge is -2.14. The number of amides is 1. The Morgan fingerprint density at radius 1 is 0.824 bits per heavy atom. The van der Waals surface area contributed by atoms with E-state index in [1.165, 1.54) is 31.2 Å². The summed E-state index contributed by atoms with van der Waals surface area (Å²) in [6, 6.07) is 19.1. The molecule has 0 saturated heterocycles. The van der Waals surface area contributed by atoms with Crippen molar-refractivity contribution in [2.24, 2.45) is 0 Å². The van der Waals surface area contributed by atoms with Gasteiger partial charge in [0.2, 0.25) is 18.4 Å². The first-order valence-corrected chi connectivity index (χ1v) is 10.5. The molecule has 1 amide bonds. The van der Waals surface area contributed by atoms with Crippen LogP contribution >= 0.6 is 0 Å². The third kappa shape index (κ3) is 5.12. The lowest BCUT2D eigenvalue weighted by molar-refractivity contribution is -0.129. The number of ether oxygens (including phenoxy) is 3. The van der Waals surface area contributed by atoms with Crippen LogP contribution in [0.25, 0.3) is 0 Å². The van der Waals surface area contributed by atoms with Crippen LogP contribution in [0.4, 0.5) is 0 Å². The van der Waals surface area contributed by atoms with E-state index in [1.807, 2.05) is 0 Å². The van der Waals surface area contributed by atoms with Crippen LogP contribution in [-0.2, 0) is 16.1 Å². The van der Waals surface area contributed by atoms with Crippen molar-refractivity contribution in [3.63, 3.8) is 0 Å². The van der Waals surface area contributed by atoms with E-state index in [-0.39, 0.29) is 30.0 Å². The molecule has 0 radical (unpaired) electrons. The molecular weight excluding hydrogens is 438 g/mol. The van der Waals surface area contributed by atoms with Gasteiger partial charge in [-0.15, -0.1) is 0 Å². The molecule has 1 atom stereocenters. The maximum absolute atomic E-state index is 12.4. The molecule has 8 nitrogen and oxygen atoms in total. The molecular formula is C26H21NO7. The molecule has 1 N–H and O–H groups in total. The fraction of sp³-hybridized carbons (Fsp3) is 0.154. The van der Waals surface area contributed by atoms with Gasteiger partial charge in [0.15, 0.2) is 17.6 Å². The minimum atomic E-state index is -1.04. The molecule has 0 bridgehead atoms. The average Bonchev–Trinajstić information content (AvgIpc) is 3.35. The molecule has 0 aromatic heterocycles. The zero-order chi connectivity index (χ0) is 24.1. The van der Waals surface area contributed by atoms with Crippen LogP contribution < -0.4 is 14.8 Å². The highest BCUT2D eigenvalue weighted by Crippen LogP contribution is 2.32. The van der Waals surface area contributed by atoms with E-state index in [9.17, 15) is 19.2 Å². The van der Waals surface area contributed by atoms with E-state index in [1.54, 1.807) is 48.5 Å². The first kappa shape index (κ1) is 22.7. The number of hydrogen-bond donors (Lipinski definition) is 1. The fourth-order valence-corrected chi connectivity index (χ4v) is 3.28. The van der Waals surface area contributed by atoms with Crippen LogP contribution in [-0.4, -0.2) is 36.3 Å². The maximum Gasteiger partial charge on any atom is 0.338 e. The monoisotopic (exact) mass is 459 g/mol. The Kier molecular flexibility index (Phi) is 6.68. The minimum Gasteiger partial charge on any atom is -0.454 e. The molecule has 1 unspecified atom stereocenters. The van der Waals surface area contributed by atoms with Gasteiger partial charge >= 0.3 is 5.97 Å². The van der Waals surface area contributed by atoms with Crippen LogP contribution in [0.3, 0.4) is 0 Å². The van der Waals surface area contributed by atoms with Gasteiger partial charge in [0.1, 0.15) is 0 Å². The molecule has 172 valence electrons. The molecule has 3 aromatic carbocycles. The van der Waals surface area contributed by atoms with E-state index in [0.717, 1.165) is 5.56 Å². The summed E-state index contributed by atoms with van der Waals surface area (Å²) in [6.45, 7) is 1.85. The van der Waals surface area contributed by atoms with Gasteiger partial charge in [0.25, 0.3) is 5.91 Å². The first-order chi connectivity index (χ1) is 16.4. The lowest BCUT2D eigenvalue weighted by Crippen LogP contribution is -2.35. The SMILES string of the molecule is CC(OC(=O)c1ccc(C(=O)C(=O)c2ccccc2)cc1)C(=O)NCc1ccc2c(c1)OCO2. The molecule has 1 aliphatic rings. The van der Waals surface area contributed by atoms with Crippen molar-refractivity contribution < 1.29 is 33.4 Å². The quantitative estimate of drug-likeness (QED) is 0.313. The van der Waals surface area contributed by atoms with E-state index >= 15 is 0 Å². The topological polar surface area (TPSA) is 108 Å². The third-order valence-electron chi connectivity index (χ3n) is 5.18. The van der Waals surface area contributed by atoms with Crippen LogP contribution in [0, 0.1) is 0 Å². The Labute approximate surface area is 195 Å². The number of carbonyl (C=O) groups is 4. The molecule has 0 fully saturated rings. The highest BCUT2D eigenvalue weighted by Gasteiger charge is 2.21. The summed E-state index contributed by atoms with van der Waals surface area (Å²) in [5.74, 6) is -1.25. The second-order valence-corrected chi connectivity index (χ2v) is 7.55. The molecule has 3 aromatic rings. The van der Waals surface area contributed by atoms with Crippen molar-refractivity contribution in [1.29, 1.82) is 0 Å². The third-order valence-corrected chi connectivity index (χ3v) is 5.18. The Bertz CT molecular complexity index is 1240. The number of hydrogen-bond acceptors (Lipinski definition) is 7. The van der Waals surface area contributed by atoms with Crippen molar-refractivity contribution in [1.82, 2.24) is 5.32 Å². The predicted molar refractivity (Wildman–Crippen MR) is 121 cm³/mol. The van der Waals surface area contributed by atoms with Crippen LogP contribution in [0.1, 0.15) is 43.6 Å². The van der Waals surface area contributed by atoms with Crippen molar-refractivity contribution in [2.45, 2.75) is 19.6 Å². The Hall–Kier alpha value is -4.46. The van der Waals surface area contributed by atoms with Gasteiger partial charge in [0, 0.05) is 17.7 Å². The van der Waals surface area contributed by atoms with E-state index in [2.05, 4.69) is 5.32 Å². The zero-order valence-corrected chi connectivity index (χ0v) is 18.3. The highest BCUT2D eigenvalue weighted by molar-refractivity contribution is 6.49. The largest absolute Gasteiger partial charge is 0.454 e. The Balaban J connectivity index is 1.30. The molecule has 1 heterocycles. The van der Waals surface area contributed by atoms with Gasteiger partial charge in [-0.25, -0.2) is 4.79 Å². The van der Waals surface area contributed by atoms with Crippen LogP contribution in [0.15, 0.2) is 72.8 Å². The van der Waals surface area contributed by atoms with Gasteiger partial charge < -0.3 is 19.5 Å². The van der Waals surface area contributed by atoms with E-state index in [0.29, 0.717) is 11.5 Å². The van der Waals surface area contributed by atoms with Gasteiger partial charge in [-0.05, 0) is 36.8 Å². The van der Waals surface area contributed by atoms with Crippen LogP contribution in [0.5, 0.6) is 11.5 Å². The zero-order valence-electron chi connectivity index (χ0n) is 18.3. The second-order valence-electron chi connectivity index (χ2n) is 7.55. The summed E-state index contributed by atoms with van der Waals surface area (Å²) < 4.78 is 15.8. The average molecular weight is 459 g/mol. The number of benzene rings is 3. The number of fused-ring (bicyclic) bond motifs is 1. The molecule has 0 saturated carbocycles. The molecule has 34 heavy (non-hydrogen) atoms.